The number of hydrogen-bond donors (Lipinski definition) is 0. The molecule has 2 unspecified atom stereocenters. The summed E-state index contributed by atoms with van der Waals surface area (Å²) in [4.78, 5) is 0. The number of hydrogen-bond acceptors (Lipinski definition) is 0. The topological polar surface area (TPSA) is 0 Å². The molecule has 3 rings (SSSR count). The summed E-state index contributed by atoms with van der Waals surface area (Å²) >= 11 is 0. The maximum absolute atomic E-state index is 2.40. The van der Waals surface area contributed by atoms with Crippen LogP contribution in [0.25, 0.3) is 0 Å². The molecule has 3 aromatic rings. The molecule has 0 saturated heterocycles. The van der Waals surface area contributed by atoms with Crippen molar-refractivity contribution in [2.45, 2.75) is 71.4 Å². The maximum atomic E-state index is 2.40. The Balaban J connectivity index is 1.49. The first kappa shape index (κ1) is 25.5. The van der Waals surface area contributed by atoms with Crippen LogP contribution in [0.1, 0.15) is 59.8 Å². The average molecular weight is 428 g/mol. The zero-order valence-electron chi connectivity index (χ0n) is 20.9. The minimum atomic E-state index is 0.622. The van der Waals surface area contributed by atoms with E-state index in [1.165, 1.54) is 64.9 Å². The van der Waals surface area contributed by atoms with Gasteiger partial charge in [-0.25, -0.2) is 0 Å². The number of rotatable bonds is 13. The summed E-state index contributed by atoms with van der Waals surface area (Å²) in [5.74, 6) is 1.27. The molecule has 0 amide bonds. The van der Waals surface area contributed by atoms with E-state index < -0.39 is 0 Å². The van der Waals surface area contributed by atoms with Crippen LogP contribution in [-0.2, 0) is 0 Å². The lowest BCUT2D eigenvalue weighted by atomic mass is 9.56. The fourth-order valence-electron chi connectivity index (χ4n) is 4.05. The molecule has 4 heteroatoms. The Morgan fingerprint density at radius 2 is 0.879 bits per heavy atom. The normalized spacial score (nSPS) is 12.6. The van der Waals surface area contributed by atoms with E-state index in [0.29, 0.717) is 11.6 Å². The molecule has 0 aliphatic heterocycles. The van der Waals surface area contributed by atoms with Gasteiger partial charge in [0.15, 0.2) is 29.1 Å². The van der Waals surface area contributed by atoms with Crippen LogP contribution < -0.4 is 32.8 Å². The van der Waals surface area contributed by atoms with Crippen LogP contribution in [0, 0.1) is 0 Å². The van der Waals surface area contributed by atoms with Gasteiger partial charge in [0.25, 0.3) is 0 Å². The molecule has 0 aliphatic carbocycles. The molecule has 0 saturated carbocycles. The van der Waals surface area contributed by atoms with Gasteiger partial charge in [0.1, 0.15) is 0 Å². The van der Waals surface area contributed by atoms with E-state index in [4.69, 9.17) is 0 Å². The molecule has 0 bridgehead atoms. The van der Waals surface area contributed by atoms with Gasteiger partial charge in [-0.1, -0.05) is 177 Å². The first-order valence-electron chi connectivity index (χ1n) is 12.7. The molecule has 0 spiro atoms. The van der Waals surface area contributed by atoms with Gasteiger partial charge in [-0.05, 0) is 0 Å². The Morgan fingerprint density at radius 1 is 0.515 bits per heavy atom. The van der Waals surface area contributed by atoms with Crippen molar-refractivity contribution >= 4 is 61.9 Å². The van der Waals surface area contributed by atoms with Crippen molar-refractivity contribution < 1.29 is 0 Å². The van der Waals surface area contributed by atoms with Gasteiger partial charge in [-0.15, -0.1) is 0 Å². The van der Waals surface area contributed by atoms with Crippen LogP contribution in [-0.4, -0.2) is 29.1 Å². The summed E-state index contributed by atoms with van der Waals surface area (Å²) in [5, 5.41) is 0. The molecule has 0 fully saturated rings. The second-order valence-electron chi connectivity index (χ2n) is 9.48. The zero-order valence-corrected chi connectivity index (χ0v) is 20.9. The van der Waals surface area contributed by atoms with E-state index in [2.05, 4.69) is 130 Å². The minimum absolute atomic E-state index is 0.622. The lowest BCUT2D eigenvalue weighted by Crippen LogP contribution is -2.32. The Morgan fingerprint density at radius 3 is 1.24 bits per heavy atom. The van der Waals surface area contributed by atoms with Crippen molar-refractivity contribution in [2.75, 3.05) is 0 Å². The third kappa shape index (κ3) is 9.00. The van der Waals surface area contributed by atoms with Crippen molar-refractivity contribution in [2.24, 2.45) is 0 Å². The van der Waals surface area contributed by atoms with Crippen LogP contribution in [0.5, 0.6) is 0 Å². The highest BCUT2D eigenvalue weighted by atomic mass is 14.0. The Hall–Kier alpha value is -2.08. The summed E-state index contributed by atoms with van der Waals surface area (Å²) in [7, 11) is 9.23. The highest BCUT2D eigenvalue weighted by molar-refractivity contribution is 6.69. The molecule has 4 radical (unpaired) electrons. The predicted molar refractivity (Wildman–Crippen MR) is 153 cm³/mol. The molecular weight excluding hydrogens is 392 g/mol. The molecule has 33 heavy (non-hydrogen) atoms. The van der Waals surface area contributed by atoms with Crippen LogP contribution in [0.15, 0.2) is 72.8 Å². The van der Waals surface area contributed by atoms with Crippen LogP contribution in [0.4, 0.5) is 0 Å². The Kier molecular flexibility index (Phi) is 10.5. The largest absolute Gasteiger partial charge is 0.191 e. The van der Waals surface area contributed by atoms with E-state index >= 15 is 0 Å². The quantitative estimate of drug-likeness (QED) is 0.290. The van der Waals surface area contributed by atoms with Gasteiger partial charge in [0.2, 0.25) is 0 Å². The van der Waals surface area contributed by atoms with Gasteiger partial charge < -0.3 is 0 Å². The van der Waals surface area contributed by atoms with E-state index in [-0.39, 0.29) is 0 Å². The summed E-state index contributed by atoms with van der Waals surface area (Å²) in [5.41, 5.74) is 7.58. The number of benzene rings is 3. The minimum Gasteiger partial charge on any atom is -0.0876 e. The summed E-state index contributed by atoms with van der Waals surface area (Å²) in [6.45, 7) is 9.09. The molecule has 164 valence electrons. The lowest BCUT2D eigenvalue weighted by molar-refractivity contribution is 0.654. The third-order valence-corrected chi connectivity index (χ3v) is 6.34. The highest BCUT2D eigenvalue weighted by Gasteiger charge is 2.07. The molecule has 2 atom stereocenters. The SMILES string of the molecule is CCCCCC(C)[B]c1ccc([B]c2ccc([B]c3ccc([B]C(C)CC)cc3)cc2)cc1. The van der Waals surface area contributed by atoms with E-state index in [1.54, 1.807) is 0 Å². The highest BCUT2D eigenvalue weighted by Crippen LogP contribution is 2.13. The maximum Gasteiger partial charge on any atom is 0.191 e. The van der Waals surface area contributed by atoms with E-state index in [0.717, 1.165) is 0 Å². The molecule has 0 heterocycles. The monoisotopic (exact) mass is 428 g/mol. The Bertz CT molecular complexity index is 933. The fourth-order valence-corrected chi connectivity index (χ4v) is 4.05. The van der Waals surface area contributed by atoms with Crippen molar-refractivity contribution in [3.8, 4) is 0 Å². The van der Waals surface area contributed by atoms with Crippen LogP contribution in [0.2, 0.25) is 11.6 Å². The summed E-state index contributed by atoms with van der Waals surface area (Å²) < 4.78 is 0. The second-order valence-corrected chi connectivity index (χ2v) is 9.48. The van der Waals surface area contributed by atoms with Crippen LogP contribution >= 0.6 is 0 Å². The molecule has 0 aromatic heterocycles. The molecule has 3 aromatic carbocycles. The van der Waals surface area contributed by atoms with Gasteiger partial charge in [0, 0.05) is 0 Å². The smallest absolute Gasteiger partial charge is 0.0876 e. The molecule has 0 nitrogen and oxygen atoms in total. The van der Waals surface area contributed by atoms with Crippen molar-refractivity contribution in [1.82, 2.24) is 0 Å². The van der Waals surface area contributed by atoms with Gasteiger partial charge >= 0.3 is 0 Å². The summed E-state index contributed by atoms with van der Waals surface area (Å²) in [6.07, 6.45) is 6.42. The van der Waals surface area contributed by atoms with Crippen molar-refractivity contribution in [3.05, 3.63) is 72.8 Å². The standard InChI is InChI=1S/C29H36B4/c1-5-7-8-9-23(4)31-25-12-16-27(17-13-25)33-29-20-18-28(19-21-29)32-26-14-10-24(11-15-26)30-22(3)6-2/h10-23H,5-9H2,1-4H3. The molecule has 0 aliphatic rings. The molecular formula is C29H36B4. The van der Waals surface area contributed by atoms with Crippen LogP contribution in [0.3, 0.4) is 0 Å². The third-order valence-electron chi connectivity index (χ3n) is 6.34. The summed E-state index contributed by atoms with van der Waals surface area (Å²) in [6, 6.07) is 26.6. The van der Waals surface area contributed by atoms with E-state index in [9.17, 15) is 0 Å². The Labute approximate surface area is 206 Å². The predicted octanol–water partition coefficient (Wildman–Crippen LogP) is 3.26. The van der Waals surface area contributed by atoms with Gasteiger partial charge in [0.05, 0.1) is 0 Å². The number of unbranched alkanes of at least 4 members (excludes halogenated alkanes) is 2. The average Bonchev–Trinajstić information content (AvgIpc) is 2.83. The van der Waals surface area contributed by atoms with Crippen molar-refractivity contribution in [3.63, 3.8) is 0 Å². The van der Waals surface area contributed by atoms with E-state index in [1.807, 2.05) is 0 Å². The van der Waals surface area contributed by atoms with Gasteiger partial charge in [-0.2, -0.15) is 0 Å². The zero-order chi connectivity index (χ0) is 23.5. The first-order chi connectivity index (χ1) is 16.1. The van der Waals surface area contributed by atoms with Gasteiger partial charge in [-0.3, -0.25) is 0 Å². The lowest BCUT2D eigenvalue weighted by Gasteiger charge is -2.10. The second kappa shape index (κ2) is 13.6. The fraction of sp³-hybridized carbons (Fsp3) is 0.379. The van der Waals surface area contributed by atoms with Crippen molar-refractivity contribution in [1.29, 1.82) is 0 Å². The first-order valence-corrected chi connectivity index (χ1v) is 12.7. The molecule has 0 N–H and O–H groups in total.